The molecular weight excluding hydrogens is 404 g/mol. The molecule has 1 aliphatic heterocycles. The standard InChI is InChI=1S/C21H28N4O4S/c1-14-11-19(20(26)13-24-10-4-3-5-17(24)12-21(22)27)15(2)25(14)16-6-8-18(9-7-16)30(23,28)29/h6-9,11,17H,3-5,10,12-13H2,1-2H3,(H2,22,27)(H2,23,28,29). The van der Waals surface area contributed by atoms with E-state index in [9.17, 15) is 18.0 Å². The van der Waals surface area contributed by atoms with Crippen molar-refractivity contribution in [3.63, 3.8) is 0 Å². The van der Waals surface area contributed by atoms with Crippen LogP contribution in [-0.2, 0) is 14.8 Å². The number of carbonyl (C=O) groups is 2. The zero-order valence-corrected chi connectivity index (χ0v) is 18.1. The van der Waals surface area contributed by atoms with Crippen molar-refractivity contribution in [3.05, 3.63) is 47.3 Å². The van der Waals surface area contributed by atoms with Crippen molar-refractivity contribution in [1.29, 1.82) is 0 Å². The van der Waals surface area contributed by atoms with Gasteiger partial charge in [0.05, 0.1) is 11.4 Å². The third-order valence-electron chi connectivity index (χ3n) is 5.69. The minimum Gasteiger partial charge on any atom is -0.370 e. The van der Waals surface area contributed by atoms with Crippen LogP contribution >= 0.6 is 0 Å². The Labute approximate surface area is 176 Å². The largest absolute Gasteiger partial charge is 0.370 e. The third kappa shape index (κ3) is 4.80. The van der Waals surface area contributed by atoms with Gasteiger partial charge in [0.2, 0.25) is 15.9 Å². The number of aryl methyl sites for hydroxylation is 1. The zero-order valence-electron chi connectivity index (χ0n) is 17.3. The predicted octanol–water partition coefficient (Wildman–Crippen LogP) is 1.65. The van der Waals surface area contributed by atoms with Gasteiger partial charge in [0.15, 0.2) is 5.78 Å². The van der Waals surface area contributed by atoms with Crippen molar-refractivity contribution in [2.75, 3.05) is 13.1 Å². The highest BCUT2D eigenvalue weighted by atomic mass is 32.2. The van der Waals surface area contributed by atoms with E-state index in [-0.39, 0.29) is 35.6 Å². The van der Waals surface area contributed by atoms with E-state index in [1.54, 1.807) is 12.1 Å². The summed E-state index contributed by atoms with van der Waals surface area (Å²) < 4.78 is 24.9. The number of rotatable bonds is 7. The number of nitrogens with zero attached hydrogens (tertiary/aromatic N) is 2. The molecule has 2 heterocycles. The quantitative estimate of drug-likeness (QED) is 0.643. The SMILES string of the molecule is Cc1cc(C(=O)CN2CCCCC2CC(N)=O)c(C)n1-c1ccc(S(N)(=O)=O)cc1. The van der Waals surface area contributed by atoms with Crippen LogP contribution in [0.2, 0.25) is 0 Å². The highest BCUT2D eigenvalue weighted by Gasteiger charge is 2.27. The number of Topliss-reactive ketones (excluding diaryl/α,β-unsaturated/α-hetero) is 1. The number of piperidine rings is 1. The normalized spacial score (nSPS) is 17.8. The molecule has 0 bridgehead atoms. The molecule has 0 spiro atoms. The van der Waals surface area contributed by atoms with Crippen LogP contribution < -0.4 is 10.9 Å². The maximum absolute atomic E-state index is 13.1. The Morgan fingerprint density at radius 1 is 1.13 bits per heavy atom. The first-order valence-corrected chi connectivity index (χ1v) is 11.5. The lowest BCUT2D eigenvalue weighted by Gasteiger charge is -2.34. The molecule has 1 aromatic carbocycles. The molecule has 3 rings (SSSR count). The molecule has 2 aromatic rings. The first-order chi connectivity index (χ1) is 14.1. The van der Waals surface area contributed by atoms with E-state index in [2.05, 4.69) is 4.90 Å². The van der Waals surface area contributed by atoms with Gasteiger partial charge >= 0.3 is 0 Å². The molecular formula is C21H28N4O4S. The Morgan fingerprint density at radius 2 is 1.80 bits per heavy atom. The number of benzene rings is 1. The van der Waals surface area contributed by atoms with Crippen molar-refractivity contribution < 1.29 is 18.0 Å². The van der Waals surface area contributed by atoms with Crippen LogP contribution in [-0.4, -0.2) is 48.7 Å². The fraction of sp³-hybridized carbons (Fsp3) is 0.429. The van der Waals surface area contributed by atoms with Gasteiger partial charge in [0, 0.05) is 35.1 Å². The Balaban J connectivity index is 1.84. The van der Waals surface area contributed by atoms with Crippen molar-refractivity contribution in [1.82, 2.24) is 9.47 Å². The summed E-state index contributed by atoms with van der Waals surface area (Å²) in [4.78, 5) is 26.6. The Hall–Kier alpha value is -2.49. The third-order valence-corrected chi connectivity index (χ3v) is 6.62. The number of ketones is 1. The first-order valence-electron chi connectivity index (χ1n) is 9.95. The van der Waals surface area contributed by atoms with E-state index >= 15 is 0 Å². The highest BCUT2D eigenvalue weighted by molar-refractivity contribution is 7.89. The average molecular weight is 433 g/mol. The van der Waals surface area contributed by atoms with Crippen LogP contribution in [0.1, 0.15) is 47.4 Å². The molecule has 1 amide bonds. The Bertz CT molecular complexity index is 1060. The number of hydrogen-bond donors (Lipinski definition) is 2. The topological polar surface area (TPSA) is 128 Å². The van der Waals surface area contributed by atoms with Crippen LogP contribution in [0, 0.1) is 13.8 Å². The second-order valence-electron chi connectivity index (χ2n) is 7.87. The van der Waals surface area contributed by atoms with Gasteiger partial charge in [-0.15, -0.1) is 0 Å². The van der Waals surface area contributed by atoms with Gasteiger partial charge in [-0.2, -0.15) is 0 Å². The number of primary sulfonamides is 1. The number of likely N-dealkylation sites (tertiary alicyclic amines) is 1. The summed E-state index contributed by atoms with van der Waals surface area (Å²) in [6.07, 6.45) is 3.16. The van der Waals surface area contributed by atoms with Gasteiger partial charge in [-0.3, -0.25) is 14.5 Å². The predicted molar refractivity (Wildman–Crippen MR) is 114 cm³/mol. The van der Waals surface area contributed by atoms with E-state index < -0.39 is 10.0 Å². The zero-order chi connectivity index (χ0) is 22.1. The molecule has 0 saturated carbocycles. The lowest BCUT2D eigenvalue weighted by atomic mass is 9.98. The number of amides is 1. The van der Waals surface area contributed by atoms with Crippen molar-refractivity contribution in [2.45, 2.75) is 50.5 Å². The van der Waals surface area contributed by atoms with Crippen molar-refractivity contribution in [2.24, 2.45) is 10.9 Å². The fourth-order valence-corrected chi connectivity index (χ4v) is 4.74. The maximum Gasteiger partial charge on any atom is 0.238 e. The molecule has 1 fully saturated rings. The maximum atomic E-state index is 13.1. The van der Waals surface area contributed by atoms with E-state index in [0.717, 1.165) is 42.9 Å². The minimum absolute atomic E-state index is 0.00752. The van der Waals surface area contributed by atoms with Gasteiger partial charge in [-0.05, 0) is 63.6 Å². The summed E-state index contributed by atoms with van der Waals surface area (Å²) in [5.74, 6) is -0.354. The molecule has 0 radical (unpaired) electrons. The van der Waals surface area contributed by atoms with Crippen molar-refractivity contribution in [3.8, 4) is 5.69 Å². The van der Waals surface area contributed by atoms with Gasteiger partial charge in [-0.1, -0.05) is 6.42 Å². The van der Waals surface area contributed by atoms with Crippen LogP contribution in [0.4, 0.5) is 0 Å². The van der Waals surface area contributed by atoms with E-state index in [1.165, 1.54) is 12.1 Å². The van der Waals surface area contributed by atoms with Crippen LogP contribution in [0.15, 0.2) is 35.2 Å². The summed E-state index contributed by atoms with van der Waals surface area (Å²) in [7, 11) is -3.76. The Morgan fingerprint density at radius 3 is 2.40 bits per heavy atom. The van der Waals surface area contributed by atoms with Crippen LogP contribution in [0.25, 0.3) is 5.69 Å². The molecule has 1 saturated heterocycles. The molecule has 1 atom stereocenters. The van der Waals surface area contributed by atoms with Gasteiger partial charge in [0.1, 0.15) is 0 Å². The summed E-state index contributed by atoms with van der Waals surface area (Å²) >= 11 is 0. The fourth-order valence-electron chi connectivity index (χ4n) is 4.23. The van der Waals surface area contributed by atoms with Gasteiger partial charge in [0.25, 0.3) is 0 Å². The van der Waals surface area contributed by atoms with E-state index in [0.29, 0.717) is 5.56 Å². The average Bonchev–Trinajstić information content (AvgIpc) is 2.96. The first kappa shape index (κ1) is 22.2. The lowest BCUT2D eigenvalue weighted by Crippen LogP contribution is -2.44. The molecule has 0 aliphatic carbocycles. The number of primary amides is 1. The molecule has 162 valence electrons. The highest BCUT2D eigenvalue weighted by Crippen LogP contribution is 2.24. The van der Waals surface area contributed by atoms with Crippen molar-refractivity contribution >= 4 is 21.7 Å². The minimum atomic E-state index is -3.76. The smallest absolute Gasteiger partial charge is 0.238 e. The number of aromatic nitrogens is 1. The summed E-state index contributed by atoms with van der Waals surface area (Å²) in [6.45, 7) is 4.78. The van der Waals surface area contributed by atoms with Gasteiger partial charge < -0.3 is 10.3 Å². The number of hydrogen-bond acceptors (Lipinski definition) is 5. The number of carbonyl (C=O) groups excluding carboxylic acids is 2. The monoisotopic (exact) mass is 432 g/mol. The van der Waals surface area contributed by atoms with E-state index in [1.807, 2.05) is 24.5 Å². The molecule has 4 N–H and O–H groups in total. The Kier molecular flexibility index (Phi) is 6.44. The molecule has 8 nitrogen and oxygen atoms in total. The van der Waals surface area contributed by atoms with Gasteiger partial charge in [-0.25, -0.2) is 13.6 Å². The molecule has 1 unspecified atom stereocenters. The summed E-state index contributed by atoms with van der Waals surface area (Å²) in [6, 6.07) is 8.09. The number of nitrogens with two attached hydrogens (primary N) is 2. The molecule has 30 heavy (non-hydrogen) atoms. The second kappa shape index (κ2) is 8.71. The van der Waals surface area contributed by atoms with E-state index in [4.69, 9.17) is 10.9 Å². The molecule has 1 aliphatic rings. The second-order valence-corrected chi connectivity index (χ2v) is 9.43. The number of sulfonamides is 1. The molecule has 1 aromatic heterocycles. The molecule has 9 heteroatoms. The lowest BCUT2D eigenvalue weighted by molar-refractivity contribution is -0.119. The van der Waals surface area contributed by atoms with Crippen LogP contribution in [0.3, 0.4) is 0 Å². The summed E-state index contributed by atoms with van der Waals surface area (Å²) in [5.41, 5.74) is 8.39. The summed E-state index contributed by atoms with van der Waals surface area (Å²) in [5, 5.41) is 5.17. The van der Waals surface area contributed by atoms with Crippen LogP contribution in [0.5, 0.6) is 0 Å².